The maximum absolute atomic E-state index is 14.0. The highest BCUT2D eigenvalue weighted by Crippen LogP contribution is 2.20. The summed E-state index contributed by atoms with van der Waals surface area (Å²) in [5.74, 6) is 0.451. The van der Waals surface area contributed by atoms with E-state index < -0.39 is 0 Å². The monoisotopic (exact) mass is 411 g/mol. The largest absolute Gasteiger partial charge is 0.315 e. The van der Waals surface area contributed by atoms with E-state index >= 15 is 0 Å². The minimum atomic E-state index is -0.302. The fraction of sp³-hybridized carbons (Fsp3) is 0.222. The van der Waals surface area contributed by atoms with E-state index in [9.17, 15) is 4.39 Å². The van der Waals surface area contributed by atoms with Gasteiger partial charge in [0.1, 0.15) is 12.4 Å². The Labute approximate surface area is 166 Å². The van der Waals surface area contributed by atoms with Crippen LogP contribution in [0.4, 0.5) is 4.39 Å². The molecule has 1 N–H and O–H groups in total. The molecule has 0 radical (unpaired) electrons. The van der Waals surface area contributed by atoms with Crippen LogP contribution in [-0.2, 0) is 20.3 Å². The summed E-state index contributed by atoms with van der Waals surface area (Å²) in [4.78, 5) is 1.01. The highest BCUT2D eigenvalue weighted by atomic mass is 35.5. The Hall–Kier alpha value is -1.73. The van der Waals surface area contributed by atoms with Gasteiger partial charge < -0.3 is 9.47 Å². The lowest BCUT2D eigenvalue weighted by Gasteiger charge is -2.15. The van der Waals surface area contributed by atoms with E-state index in [-0.39, 0.29) is 5.82 Å². The van der Waals surface area contributed by atoms with E-state index in [1.165, 1.54) is 6.07 Å². The van der Waals surface area contributed by atoms with Crippen LogP contribution in [-0.4, -0.2) is 21.4 Å². The maximum Gasteiger partial charge on any atom is 0.202 e. The van der Waals surface area contributed by atoms with Crippen LogP contribution in [0.25, 0.3) is 11.4 Å². The highest BCUT2D eigenvalue weighted by Gasteiger charge is 2.16. The van der Waals surface area contributed by atoms with Crippen molar-refractivity contribution in [1.82, 2.24) is 14.3 Å². The molecule has 0 aliphatic heterocycles. The van der Waals surface area contributed by atoms with Gasteiger partial charge >= 0.3 is 0 Å². The van der Waals surface area contributed by atoms with Crippen molar-refractivity contribution in [1.29, 1.82) is 0 Å². The smallest absolute Gasteiger partial charge is 0.202 e. The standard InChI is InChI=1S/C18H17Cl2FN4S/c1-23(10-14-15(20)4-3-5-16(14)21)11-25-18(26)24(2)17(22-25)12-6-8-13(19)9-7-12/h3-9H,10-11H2,1-2H3/p+1. The van der Waals surface area contributed by atoms with Crippen molar-refractivity contribution < 1.29 is 9.29 Å². The second-order valence-electron chi connectivity index (χ2n) is 6.16. The Bertz CT molecular complexity index is 962. The molecule has 3 rings (SSSR count). The number of benzene rings is 2. The quantitative estimate of drug-likeness (QED) is 0.647. The lowest BCUT2D eigenvalue weighted by atomic mass is 10.2. The first-order valence-corrected chi connectivity index (χ1v) is 9.17. The Kier molecular flexibility index (Phi) is 5.77. The second kappa shape index (κ2) is 7.88. The fourth-order valence-electron chi connectivity index (χ4n) is 2.76. The van der Waals surface area contributed by atoms with Gasteiger partial charge in [-0.1, -0.05) is 29.3 Å². The van der Waals surface area contributed by atoms with Gasteiger partial charge in [-0.3, -0.25) is 0 Å². The zero-order chi connectivity index (χ0) is 18.8. The molecule has 0 fully saturated rings. The van der Waals surface area contributed by atoms with Gasteiger partial charge in [0, 0.05) is 17.6 Å². The first-order chi connectivity index (χ1) is 12.4. The molecule has 26 heavy (non-hydrogen) atoms. The van der Waals surface area contributed by atoms with Crippen molar-refractivity contribution >= 4 is 35.4 Å². The van der Waals surface area contributed by atoms with Crippen molar-refractivity contribution in [3.8, 4) is 11.4 Å². The number of hydrogen-bond donors (Lipinski definition) is 1. The van der Waals surface area contributed by atoms with Crippen molar-refractivity contribution in [2.24, 2.45) is 7.05 Å². The highest BCUT2D eigenvalue weighted by molar-refractivity contribution is 7.71. The number of quaternary nitrogens is 1. The minimum Gasteiger partial charge on any atom is -0.315 e. The molecule has 0 aliphatic carbocycles. The van der Waals surface area contributed by atoms with Gasteiger partial charge in [0.2, 0.25) is 4.77 Å². The molecule has 0 aliphatic rings. The first-order valence-electron chi connectivity index (χ1n) is 8.00. The van der Waals surface area contributed by atoms with Gasteiger partial charge in [-0.05, 0) is 48.6 Å². The normalized spacial score (nSPS) is 12.3. The van der Waals surface area contributed by atoms with E-state index in [1.807, 2.05) is 42.9 Å². The zero-order valence-corrected chi connectivity index (χ0v) is 16.7. The van der Waals surface area contributed by atoms with Gasteiger partial charge in [0.15, 0.2) is 12.5 Å². The van der Waals surface area contributed by atoms with E-state index in [1.54, 1.807) is 16.8 Å². The SMILES string of the molecule is Cn1c(-c2ccc(Cl)cc2)nn(C[NH+](C)Cc2c(F)cccc2Cl)c1=S. The summed E-state index contributed by atoms with van der Waals surface area (Å²) in [7, 11) is 3.82. The van der Waals surface area contributed by atoms with Gasteiger partial charge in [-0.2, -0.15) is 4.68 Å². The molecule has 136 valence electrons. The molecular weight excluding hydrogens is 394 g/mol. The number of halogens is 3. The third kappa shape index (κ3) is 3.99. The van der Waals surface area contributed by atoms with E-state index in [0.29, 0.717) is 33.6 Å². The van der Waals surface area contributed by atoms with Crippen molar-refractivity contribution in [2.45, 2.75) is 13.2 Å². The summed E-state index contributed by atoms with van der Waals surface area (Å²) in [6.07, 6.45) is 0. The van der Waals surface area contributed by atoms with Crippen LogP contribution in [0.3, 0.4) is 0 Å². The van der Waals surface area contributed by atoms with Crippen molar-refractivity contribution in [3.63, 3.8) is 0 Å². The summed E-state index contributed by atoms with van der Waals surface area (Å²) in [6.45, 7) is 0.922. The molecule has 1 heterocycles. The van der Waals surface area contributed by atoms with E-state index in [2.05, 4.69) is 5.10 Å². The molecule has 1 aromatic heterocycles. The number of nitrogens with zero attached hydrogens (tertiary/aromatic N) is 3. The number of aromatic nitrogens is 3. The zero-order valence-electron chi connectivity index (χ0n) is 14.3. The molecule has 0 bridgehead atoms. The summed E-state index contributed by atoms with van der Waals surface area (Å²) in [6, 6.07) is 12.1. The molecule has 3 aromatic rings. The van der Waals surface area contributed by atoms with Crippen molar-refractivity contribution in [3.05, 3.63) is 68.7 Å². The Morgan fingerprint density at radius 3 is 2.50 bits per heavy atom. The molecule has 2 aromatic carbocycles. The third-order valence-corrected chi connectivity index (χ3v) is 5.19. The summed E-state index contributed by atoms with van der Waals surface area (Å²) < 4.78 is 18.2. The predicted octanol–water partition coefficient (Wildman–Crippen LogP) is 3.74. The molecule has 0 saturated heterocycles. The van der Waals surface area contributed by atoms with Crippen LogP contribution in [0, 0.1) is 10.6 Å². The van der Waals surface area contributed by atoms with Gasteiger partial charge in [-0.15, -0.1) is 5.10 Å². The summed E-state index contributed by atoms with van der Waals surface area (Å²) >= 11 is 17.6. The van der Waals surface area contributed by atoms with Crippen molar-refractivity contribution in [2.75, 3.05) is 7.05 Å². The Morgan fingerprint density at radius 2 is 1.85 bits per heavy atom. The van der Waals surface area contributed by atoms with E-state index in [4.69, 9.17) is 35.4 Å². The number of rotatable bonds is 5. The molecule has 1 atom stereocenters. The minimum absolute atomic E-state index is 0.302. The van der Waals surface area contributed by atoms with Crippen LogP contribution < -0.4 is 4.90 Å². The van der Waals surface area contributed by atoms with Crippen LogP contribution in [0.5, 0.6) is 0 Å². The van der Waals surface area contributed by atoms with E-state index in [0.717, 1.165) is 16.3 Å². The Balaban J connectivity index is 1.83. The van der Waals surface area contributed by atoms with Crippen LogP contribution in [0.2, 0.25) is 10.0 Å². The van der Waals surface area contributed by atoms with Crippen LogP contribution in [0.1, 0.15) is 5.56 Å². The molecule has 8 heteroatoms. The molecule has 0 saturated carbocycles. The van der Waals surface area contributed by atoms with Gasteiger partial charge in [-0.25, -0.2) is 4.39 Å². The first kappa shape index (κ1) is 19.0. The number of nitrogens with one attached hydrogen (secondary N) is 1. The molecule has 1 unspecified atom stereocenters. The van der Waals surface area contributed by atoms with Crippen LogP contribution in [0.15, 0.2) is 42.5 Å². The molecular formula is C18H18Cl2FN4S+. The predicted molar refractivity (Wildman–Crippen MR) is 104 cm³/mol. The number of hydrogen-bond acceptors (Lipinski definition) is 2. The average molecular weight is 412 g/mol. The maximum atomic E-state index is 14.0. The Morgan fingerprint density at radius 1 is 1.15 bits per heavy atom. The second-order valence-corrected chi connectivity index (χ2v) is 7.37. The fourth-order valence-corrected chi connectivity index (χ4v) is 3.30. The summed E-state index contributed by atoms with van der Waals surface area (Å²) in [5.41, 5.74) is 1.42. The average Bonchev–Trinajstić information content (AvgIpc) is 2.87. The topological polar surface area (TPSA) is 27.2 Å². The third-order valence-electron chi connectivity index (χ3n) is 4.10. The van der Waals surface area contributed by atoms with Gasteiger partial charge in [0.25, 0.3) is 0 Å². The lowest BCUT2D eigenvalue weighted by Crippen LogP contribution is -3.07. The van der Waals surface area contributed by atoms with Gasteiger partial charge in [0.05, 0.1) is 17.6 Å². The lowest BCUT2D eigenvalue weighted by molar-refractivity contribution is -0.917. The van der Waals surface area contributed by atoms with Crippen LogP contribution >= 0.6 is 35.4 Å². The summed E-state index contributed by atoms with van der Waals surface area (Å²) in [5, 5.41) is 5.71. The molecule has 4 nitrogen and oxygen atoms in total. The molecule has 0 amide bonds. The molecule has 0 spiro atoms.